The smallest absolute Gasteiger partial charge is 0.273 e. The van der Waals surface area contributed by atoms with Gasteiger partial charge in [-0.3, -0.25) is 10.1 Å². The number of halogens is 1. The summed E-state index contributed by atoms with van der Waals surface area (Å²) in [5.74, 6) is -0.1000. The fourth-order valence-corrected chi connectivity index (χ4v) is 2.92. The summed E-state index contributed by atoms with van der Waals surface area (Å²) < 4.78 is 13.3. The van der Waals surface area contributed by atoms with Crippen LogP contribution in [0.3, 0.4) is 0 Å². The highest BCUT2D eigenvalue weighted by Crippen LogP contribution is 2.29. The Labute approximate surface area is 126 Å². The van der Waals surface area contributed by atoms with Gasteiger partial charge in [-0.05, 0) is 36.9 Å². The second kappa shape index (κ2) is 7.19. The zero-order chi connectivity index (χ0) is 15.2. The van der Waals surface area contributed by atoms with Gasteiger partial charge in [-0.25, -0.2) is 4.39 Å². The van der Waals surface area contributed by atoms with Gasteiger partial charge in [-0.2, -0.15) is 0 Å². The van der Waals surface area contributed by atoms with Crippen LogP contribution in [0.4, 0.5) is 10.1 Å². The highest BCUT2D eigenvalue weighted by Gasteiger charge is 2.14. The van der Waals surface area contributed by atoms with Gasteiger partial charge in [0.15, 0.2) is 0 Å². The highest BCUT2D eigenvalue weighted by atomic mass is 32.2. The van der Waals surface area contributed by atoms with E-state index < -0.39 is 10.7 Å². The number of hydrogen-bond donors (Lipinski definition) is 1. The molecule has 2 aromatic carbocycles. The average molecular weight is 306 g/mol. The van der Waals surface area contributed by atoms with E-state index >= 15 is 0 Å². The lowest BCUT2D eigenvalue weighted by atomic mass is 10.2. The van der Waals surface area contributed by atoms with Crippen LogP contribution in [-0.4, -0.2) is 12.0 Å². The zero-order valence-electron chi connectivity index (χ0n) is 11.5. The minimum Gasteiger partial charge on any atom is -0.316 e. The van der Waals surface area contributed by atoms with E-state index in [0.29, 0.717) is 11.3 Å². The summed E-state index contributed by atoms with van der Waals surface area (Å²) in [7, 11) is 1.87. The normalized spacial score (nSPS) is 10.6. The summed E-state index contributed by atoms with van der Waals surface area (Å²) in [4.78, 5) is 11.5. The summed E-state index contributed by atoms with van der Waals surface area (Å²) in [5, 5.41) is 14.0. The van der Waals surface area contributed by atoms with E-state index in [1.54, 1.807) is 0 Å². The quantitative estimate of drug-likeness (QED) is 0.502. The minimum absolute atomic E-state index is 0.0460. The van der Waals surface area contributed by atoms with E-state index in [4.69, 9.17) is 0 Å². The summed E-state index contributed by atoms with van der Waals surface area (Å²) in [5.41, 5.74) is 1.48. The molecule has 0 bridgehead atoms. The molecule has 2 aromatic rings. The summed E-state index contributed by atoms with van der Waals surface area (Å²) >= 11 is 1.45. The first-order valence-corrected chi connectivity index (χ1v) is 7.38. The van der Waals surface area contributed by atoms with E-state index in [9.17, 15) is 14.5 Å². The molecule has 0 unspecified atom stereocenters. The van der Waals surface area contributed by atoms with E-state index in [0.717, 1.165) is 23.1 Å². The average Bonchev–Trinajstić information content (AvgIpc) is 2.45. The third-order valence-electron chi connectivity index (χ3n) is 2.91. The first kappa shape index (κ1) is 15.5. The van der Waals surface area contributed by atoms with Crippen molar-refractivity contribution < 1.29 is 9.31 Å². The molecule has 6 heteroatoms. The van der Waals surface area contributed by atoms with Gasteiger partial charge in [0, 0.05) is 28.8 Å². The van der Waals surface area contributed by atoms with E-state index in [1.165, 1.54) is 23.9 Å². The van der Waals surface area contributed by atoms with Gasteiger partial charge in [-0.15, -0.1) is 11.8 Å². The number of nitro benzene ring substituents is 1. The number of hydrogen-bond acceptors (Lipinski definition) is 4. The Morgan fingerprint density at radius 3 is 2.81 bits per heavy atom. The second-order valence-electron chi connectivity index (χ2n) is 4.50. The molecule has 0 aliphatic carbocycles. The Hall–Kier alpha value is -1.92. The molecule has 1 N–H and O–H groups in total. The molecule has 4 nitrogen and oxygen atoms in total. The van der Waals surface area contributed by atoms with Crippen molar-refractivity contribution in [2.45, 2.75) is 17.2 Å². The van der Waals surface area contributed by atoms with Crippen molar-refractivity contribution in [3.05, 3.63) is 69.5 Å². The molecule has 0 radical (unpaired) electrons. The first-order chi connectivity index (χ1) is 10.1. The number of thioether (sulfide) groups is 1. The lowest BCUT2D eigenvalue weighted by Crippen LogP contribution is -2.04. The van der Waals surface area contributed by atoms with Gasteiger partial charge in [0.05, 0.1) is 4.92 Å². The fraction of sp³-hybridized carbons (Fsp3) is 0.200. The molecule has 0 spiro atoms. The lowest BCUT2D eigenvalue weighted by Gasteiger charge is -2.06. The number of nitro groups is 1. The maximum Gasteiger partial charge on any atom is 0.273 e. The lowest BCUT2D eigenvalue weighted by molar-refractivity contribution is -0.385. The third-order valence-corrected chi connectivity index (χ3v) is 3.95. The highest BCUT2D eigenvalue weighted by molar-refractivity contribution is 7.98. The summed E-state index contributed by atoms with van der Waals surface area (Å²) in [6.07, 6.45) is 0. The molecule has 0 saturated carbocycles. The molecule has 0 atom stereocenters. The maximum absolute atomic E-state index is 13.3. The SMILES string of the molecule is CNCc1cccc(SCc2cc(F)ccc2[N+](=O)[O-])c1. The van der Waals surface area contributed by atoms with E-state index in [-0.39, 0.29) is 5.69 Å². The topological polar surface area (TPSA) is 55.2 Å². The Balaban J connectivity index is 2.14. The largest absolute Gasteiger partial charge is 0.316 e. The monoisotopic (exact) mass is 306 g/mol. The van der Waals surface area contributed by atoms with E-state index in [2.05, 4.69) is 5.32 Å². The molecule has 0 amide bonds. The van der Waals surface area contributed by atoms with Gasteiger partial charge in [0.25, 0.3) is 5.69 Å². The van der Waals surface area contributed by atoms with Gasteiger partial charge < -0.3 is 5.32 Å². The summed E-state index contributed by atoms with van der Waals surface area (Å²) in [6, 6.07) is 11.5. The summed E-state index contributed by atoms with van der Waals surface area (Å²) in [6.45, 7) is 0.758. The maximum atomic E-state index is 13.3. The van der Waals surface area contributed by atoms with Gasteiger partial charge in [-0.1, -0.05) is 12.1 Å². The van der Waals surface area contributed by atoms with Crippen LogP contribution in [0.1, 0.15) is 11.1 Å². The molecular weight excluding hydrogens is 291 g/mol. The van der Waals surface area contributed by atoms with Crippen LogP contribution in [0.2, 0.25) is 0 Å². The van der Waals surface area contributed by atoms with Crippen LogP contribution in [0, 0.1) is 15.9 Å². The van der Waals surface area contributed by atoms with Crippen LogP contribution in [0.15, 0.2) is 47.4 Å². The van der Waals surface area contributed by atoms with Crippen molar-refractivity contribution in [1.29, 1.82) is 0 Å². The molecule has 110 valence electrons. The third kappa shape index (κ3) is 4.27. The minimum atomic E-state index is -0.479. The predicted molar refractivity (Wildman–Crippen MR) is 81.8 cm³/mol. The Bertz CT molecular complexity index is 649. The Morgan fingerprint density at radius 2 is 2.10 bits per heavy atom. The van der Waals surface area contributed by atoms with Gasteiger partial charge in [0.2, 0.25) is 0 Å². The van der Waals surface area contributed by atoms with Crippen molar-refractivity contribution in [3.8, 4) is 0 Å². The van der Waals surface area contributed by atoms with Crippen molar-refractivity contribution >= 4 is 17.4 Å². The van der Waals surface area contributed by atoms with Crippen LogP contribution in [-0.2, 0) is 12.3 Å². The van der Waals surface area contributed by atoms with Crippen LogP contribution in [0.5, 0.6) is 0 Å². The number of rotatable bonds is 6. The van der Waals surface area contributed by atoms with Crippen molar-refractivity contribution in [1.82, 2.24) is 5.32 Å². The number of benzene rings is 2. The molecule has 0 aromatic heterocycles. The molecule has 21 heavy (non-hydrogen) atoms. The molecule has 0 saturated heterocycles. The molecule has 0 fully saturated rings. The second-order valence-corrected chi connectivity index (χ2v) is 5.55. The van der Waals surface area contributed by atoms with Crippen molar-refractivity contribution in [2.75, 3.05) is 7.05 Å². The Morgan fingerprint density at radius 1 is 1.29 bits per heavy atom. The van der Waals surface area contributed by atoms with E-state index in [1.807, 2.05) is 31.3 Å². The molecule has 2 rings (SSSR count). The number of nitrogens with one attached hydrogen (secondary N) is 1. The standard InChI is InChI=1S/C15H15FN2O2S/c1-17-9-11-3-2-4-14(7-11)21-10-12-8-13(16)5-6-15(12)18(19)20/h2-8,17H,9-10H2,1H3. The van der Waals surface area contributed by atoms with Gasteiger partial charge >= 0.3 is 0 Å². The van der Waals surface area contributed by atoms with Crippen molar-refractivity contribution in [3.63, 3.8) is 0 Å². The fourth-order valence-electron chi connectivity index (χ4n) is 1.96. The van der Waals surface area contributed by atoms with Crippen LogP contribution in [0.25, 0.3) is 0 Å². The first-order valence-electron chi connectivity index (χ1n) is 6.39. The van der Waals surface area contributed by atoms with Crippen LogP contribution < -0.4 is 5.32 Å². The zero-order valence-corrected chi connectivity index (χ0v) is 12.3. The van der Waals surface area contributed by atoms with Crippen LogP contribution >= 0.6 is 11.8 Å². The Kier molecular flexibility index (Phi) is 5.30. The molecule has 0 aliphatic heterocycles. The predicted octanol–water partition coefficient (Wildman–Crippen LogP) is 3.75. The molecule has 0 heterocycles. The number of nitrogens with zero attached hydrogens (tertiary/aromatic N) is 1. The van der Waals surface area contributed by atoms with Crippen molar-refractivity contribution in [2.24, 2.45) is 0 Å². The van der Waals surface area contributed by atoms with Gasteiger partial charge in [0.1, 0.15) is 5.82 Å². The molecule has 0 aliphatic rings. The molecular formula is C15H15FN2O2S.